The van der Waals surface area contributed by atoms with Crippen LogP contribution >= 0.6 is 0 Å². The lowest BCUT2D eigenvalue weighted by Gasteiger charge is -2.27. The Morgan fingerprint density at radius 1 is 1.04 bits per heavy atom. The third-order valence-corrected chi connectivity index (χ3v) is 5.77. The fourth-order valence-corrected chi connectivity index (χ4v) is 4.10. The highest BCUT2D eigenvalue weighted by molar-refractivity contribution is 5.94. The molecular weight excluding hydrogens is 352 g/mol. The molecule has 2 aliphatic heterocycles. The van der Waals surface area contributed by atoms with E-state index in [2.05, 4.69) is 40.5 Å². The fourth-order valence-electron chi connectivity index (χ4n) is 4.10. The zero-order valence-electron chi connectivity index (χ0n) is 16.4. The van der Waals surface area contributed by atoms with Gasteiger partial charge in [-0.1, -0.05) is 30.3 Å². The molecule has 5 heteroatoms. The van der Waals surface area contributed by atoms with Crippen LogP contribution in [0.4, 0.5) is 5.69 Å². The lowest BCUT2D eigenvalue weighted by atomic mass is 9.92. The van der Waals surface area contributed by atoms with Crippen molar-refractivity contribution in [2.24, 2.45) is 0 Å². The average Bonchev–Trinajstić information content (AvgIpc) is 3.00. The van der Waals surface area contributed by atoms with Crippen molar-refractivity contribution in [2.75, 3.05) is 31.6 Å². The van der Waals surface area contributed by atoms with Gasteiger partial charge in [0.15, 0.2) is 11.5 Å². The molecular formula is C23H28N2O3. The molecule has 4 rings (SSSR count). The van der Waals surface area contributed by atoms with Crippen LogP contribution in [0.2, 0.25) is 0 Å². The van der Waals surface area contributed by atoms with E-state index >= 15 is 0 Å². The summed E-state index contributed by atoms with van der Waals surface area (Å²) in [4.78, 5) is 15.1. The van der Waals surface area contributed by atoms with Gasteiger partial charge in [-0.2, -0.15) is 0 Å². The Bertz CT molecular complexity index is 809. The second-order valence-corrected chi connectivity index (χ2v) is 7.60. The smallest absolute Gasteiger partial charge is 0.241 e. The molecule has 1 saturated heterocycles. The maximum absolute atomic E-state index is 12.8. The predicted octanol–water partition coefficient (Wildman–Crippen LogP) is 4.05. The zero-order valence-corrected chi connectivity index (χ0v) is 16.4. The number of carbonyl (C=O) groups excluding carboxylic acids is 1. The van der Waals surface area contributed by atoms with Gasteiger partial charge in [-0.15, -0.1) is 0 Å². The second-order valence-electron chi connectivity index (χ2n) is 7.60. The van der Waals surface area contributed by atoms with Gasteiger partial charge in [0.25, 0.3) is 0 Å². The lowest BCUT2D eigenvalue weighted by Crippen LogP contribution is -2.42. The van der Waals surface area contributed by atoms with Crippen LogP contribution in [-0.4, -0.2) is 43.2 Å². The topological polar surface area (TPSA) is 50.8 Å². The minimum Gasteiger partial charge on any atom is -0.486 e. The SMILES string of the molecule is CC(C(=O)Nc1ccc2c(c1)OCCO2)N1CCCC(c2ccccc2)CC1. The Morgan fingerprint density at radius 2 is 1.82 bits per heavy atom. The normalized spacial score (nSPS) is 20.8. The molecule has 1 N–H and O–H groups in total. The Hall–Kier alpha value is -2.53. The van der Waals surface area contributed by atoms with Gasteiger partial charge in [-0.25, -0.2) is 0 Å². The molecule has 2 heterocycles. The highest BCUT2D eigenvalue weighted by Gasteiger charge is 2.25. The van der Waals surface area contributed by atoms with Crippen LogP contribution in [-0.2, 0) is 4.79 Å². The molecule has 0 aromatic heterocycles. The number of ether oxygens (including phenoxy) is 2. The standard InChI is InChI=1S/C23H28N2O3/c1-17(23(26)24-20-9-10-21-22(16-20)28-15-14-27-21)25-12-5-8-19(11-13-25)18-6-3-2-4-7-18/h2-4,6-7,9-10,16-17,19H,5,8,11-15H2,1H3,(H,24,26). The summed E-state index contributed by atoms with van der Waals surface area (Å²) in [6.07, 6.45) is 3.38. The van der Waals surface area contributed by atoms with E-state index < -0.39 is 0 Å². The number of benzene rings is 2. The molecule has 1 fully saturated rings. The van der Waals surface area contributed by atoms with Gasteiger partial charge < -0.3 is 14.8 Å². The highest BCUT2D eigenvalue weighted by Crippen LogP contribution is 2.33. The van der Waals surface area contributed by atoms with Crippen molar-refractivity contribution in [3.63, 3.8) is 0 Å². The van der Waals surface area contributed by atoms with Crippen molar-refractivity contribution in [1.82, 2.24) is 4.90 Å². The van der Waals surface area contributed by atoms with Crippen LogP contribution in [0.25, 0.3) is 0 Å². The Balaban J connectivity index is 1.36. The van der Waals surface area contributed by atoms with Crippen LogP contribution in [0.5, 0.6) is 11.5 Å². The number of hydrogen-bond donors (Lipinski definition) is 1. The largest absolute Gasteiger partial charge is 0.486 e. The third-order valence-electron chi connectivity index (χ3n) is 5.77. The van der Waals surface area contributed by atoms with E-state index in [-0.39, 0.29) is 11.9 Å². The van der Waals surface area contributed by atoms with Crippen molar-refractivity contribution < 1.29 is 14.3 Å². The lowest BCUT2D eigenvalue weighted by molar-refractivity contribution is -0.120. The molecule has 0 aliphatic carbocycles. The van der Waals surface area contributed by atoms with Gasteiger partial charge >= 0.3 is 0 Å². The van der Waals surface area contributed by atoms with Gasteiger partial charge in [0, 0.05) is 11.8 Å². The zero-order chi connectivity index (χ0) is 19.3. The molecule has 0 bridgehead atoms. The first-order valence-electron chi connectivity index (χ1n) is 10.2. The summed E-state index contributed by atoms with van der Waals surface area (Å²) >= 11 is 0. The van der Waals surface area contributed by atoms with Crippen LogP contribution in [0.3, 0.4) is 0 Å². The van der Waals surface area contributed by atoms with Crippen molar-refractivity contribution >= 4 is 11.6 Å². The number of fused-ring (bicyclic) bond motifs is 1. The molecule has 2 atom stereocenters. The number of amides is 1. The third kappa shape index (κ3) is 4.30. The molecule has 2 aliphatic rings. The van der Waals surface area contributed by atoms with Gasteiger partial charge in [-0.05, 0) is 62.9 Å². The molecule has 5 nitrogen and oxygen atoms in total. The Morgan fingerprint density at radius 3 is 2.64 bits per heavy atom. The number of anilines is 1. The van der Waals surface area contributed by atoms with E-state index in [1.165, 1.54) is 12.0 Å². The maximum Gasteiger partial charge on any atom is 0.241 e. The molecule has 1 amide bonds. The number of rotatable bonds is 4. The monoisotopic (exact) mass is 380 g/mol. The molecule has 2 aromatic carbocycles. The second kappa shape index (κ2) is 8.65. The van der Waals surface area contributed by atoms with Crippen molar-refractivity contribution in [3.05, 3.63) is 54.1 Å². The van der Waals surface area contributed by atoms with Crippen LogP contribution < -0.4 is 14.8 Å². The van der Waals surface area contributed by atoms with Crippen molar-refractivity contribution in [2.45, 2.75) is 38.1 Å². The van der Waals surface area contributed by atoms with Gasteiger partial charge in [0.2, 0.25) is 5.91 Å². The molecule has 148 valence electrons. The Kier molecular flexibility index (Phi) is 5.81. The van der Waals surface area contributed by atoms with Crippen LogP contribution in [0.15, 0.2) is 48.5 Å². The minimum absolute atomic E-state index is 0.0230. The minimum atomic E-state index is -0.164. The highest BCUT2D eigenvalue weighted by atomic mass is 16.6. The molecule has 0 radical (unpaired) electrons. The summed E-state index contributed by atoms with van der Waals surface area (Å²) in [6, 6.07) is 16.1. The van der Waals surface area contributed by atoms with E-state index in [4.69, 9.17) is 9.47 Å². The summed E-state index contributed by atoms with van der Waals surface area (Å²) in [7, 11) is 0. The van der Waals surface area contributed by atoms with Gasteiger partial charge in [0.1, 0.15) is 13.2 Å². The summed E-state index contributed by atoms with van der Waals surface area (Å²) < 4.78 is 11.1. The molecule has 2 aromatic rings. The average molecular weight is 380 g/mol. The first-order valence-corrected chi connectivity index (χ1v) is 10.2. The number of nitrogens with zero attached hydrogens (tertiary/aromatic N) is 1. The molecule has 0 spiro atoms. The van der Waals surface area contributed by atoms with E-state index in [1.54, 1.807) is 0 Å². The maximum atomic E-state index is 12.8. The quantitative estimate of drug-likeness (QED) is 0.869. The summed E-state index contributed by atoms with van der Waals surface area (Å²) in [5.41, 5.74) is 2.16. The number of hydrogen-bond acceptors (Lipinski definition) is 4. The molecule has 28 heavy (non-hydrogen) atoms. The molecule has 0 saturated carbocycles. The van der Waals surface area contributed by atoms with Crippen molar-refractivity contribution in [3.8, 4) is 11.5 Å². The van der Waals surface area contributed by atoms with E-state index in [0.717, 1.165) is 37.4 Å². The van der Waals surface area contributed by atoms with Gasteiger partial charge in [-0.3, -0.25) is 9.69 Å². The summed E-state index contributed by atoms with van der Waals surface area (Å²) in [6.45, 7) is 5.00. The van der Waals surface area contributed by atoms with Crippen LogP contribution in [0.1, 0.15) is 37.7 Å². The van der Waals surface area contributed by atoms with E-state index in [0.29, 0.717) is 24.9 Å². The van der Waals surface area contributed by atoms with Gasteiger partial charge in [0.05, 0.1) is 6.04 Å². The van der Waals surface area contributed by atoms with Crippen molar-refractivity contribution in [1.29, 1.82) is 0 Å². The molecule has 2 unspecified atom stereocenters. The van der Waals surface area contributed by atoms with E-state index in [9.17, 15) is 4.79 Å². The van der Waals surface area contributed by atoms with E-state index in [1.807, 2.05) is 25.1 Å². The summed E-state index contributed by atoms with van der Waals surface area (Å²) in [5.74, 6) is 2.03. The Labute approximate surface area is 166 Å². The van der Waals surface area contributed by atoms with Crippen LogP contribution in [0, 0.1) is 0 Å². The number of likely N-dealkylation sites (tertiary alicyclic amines) is 1. The summed E-state index contributed by atoms with van der Waals surface area (Å²) in [5, 5.41) is 3.04. The first kappa shape index (κ1) is 18.8. The first-order chi connectivity index (χ1) is 13.7. The number of carbonyl (C=O) groups is 1. The predicted molar refractivity (Wildman–Crippen MR) is 110 cm³/mol. The number of nitrogens with one attached hydrogen (secondary N) is 1. The fraction of sp³-hybridized carbons (Fsp3) is 0.435.